The van der Waals surface area contributed by atoms with Crippen LogP contribution >= 0.6 is 23.6 Å². The van der Waals surface area contributed by atoms with Crippen LogP contribution in [-0.4, -0.2) is 42.8 Å². The van der Waals surface area contributed by atoms with Gasteiger partial charge in [0.05, 0.1) is 26.5 Å². The minimum Gasteiger partial charge on any atom is -0.496 e. The molecule has 2 rings (SSSR count). The molecule has 0 aliphatic carbocycles. The van der Waals surface area contributed by atoms with Crippen LogP contribution in [0, 0.1) is 6.92 Å². The zero-order valence-electron chi connectivity index (χ0n) is 15.2. The number of aromatic nitrogens is 1. The number of hydrogen-bond acceptors (Lipinski definition) is 8. The van der Waals surface area contributed by atoms with Crippen molar-refractivity contribution in [2.24, 2.45) is 0 Å². The molecule has 0 fully saturated rings. The first-order valence-electron chi connectivity index (χ1n) is 7.89. The maximum atomic E-state index is 12.6. The van der Waals surface area contributed by atoms with Gasteiger partial charge in [0, 0.05) is 0 Å². The van der Waals surface area contributed by atoms with Crippen LogP contribution < -0.4 is 20.1 Å². The van der Waals surface area contributed by atoms with Gasteiger partial charge in [0.1, 0.15) is 21.9 Å². The quantitative estimate of drug-likeness (QED) is 0.555. The number of hydrogen-bond donors (Lipinski definition) is 2. The summed E-state index contributed by atoms with van der Waals surface area (Å²) in [6.45, 7) is 3.69. The Bertz CT molecular complexity index is 844. The largest absolute Gasteiger partial charge is 0.496 e. The molecule has 0 aliphatic rings. The fraction of sp³-hybridized carbons (Fsp3) is 0.294. The highest BCUT2D eigenvalue weighted by molar-refractivity contribution is 7.80. The Morgan fingerprint density at radius 2 is 1.85 bits per heavy atom. The van der Waals surface area contributed by atoms with Crippen LogP contribution in [0.1, 0.15) is 32.6 Å². The summed E-state index contributed by atoms with van der Waals surface area (Å²) >= 11 is 6.26. The van der Waals surface area contributed by atoms with Crippen LogP contribution in [0.5, 0.6) is 11.5 Å². The highest BCUT2D eigenvalue weighted by Crippen LogP contribution is 2.28. The number of esters is 1. The normalized spacial score (nSPS) is 10.1. The Morgan fingerprint density at radius 1 is 1.22 bits per heavy atom. The van der Waals surface area contributed by atoms with Crippen molar-refractivity contribution in [1.29, 1.82) is 0 Å². The van der Waals surface area contributed by atoms with Crippen molar-refractivity contribution in [3.63, 3.8) is 0 Å². The molecule has 0 unspecified atom stereocenters. The Hall–Kier alpha value is -2.72. The molecule has 0 bridgehead atoms. The number of carbonyl (C=O) groups is 2. The molecule has 1 aromatic heterocycles. The number of rotatable bonds is 6. The summed E-state index contributed by atoms with van der Waals surface area (Å²) in [5.41, 5.74) is 0.732. The van der Waals surface area contributed by atoms with Crippen molar-refractivity contribution in [2.75, 3.05) is 26.1 Å². The van der Waals surface area contributed by atoms with Crippen LogP contribution in [0.3, 0.4) is 0 Å². The van der Waals surface area contributed by atoms with Gasteiger partial charge in [-0.25, -0.2) is 9.78 Å². The molecule has 0 aliphatic heterocycles. The summed E-state index contributed by atoms with van der Waals surface area (Å²) in [7, 11) is 2.91. The van der Waals surface area contributed by atoms with Crippen LogP contribution in [-0.2, 0) is 4.74 Å². The molecule has 8 nitrogen and oxygen atoms in total. The number of aryl methyl sites for hydroxylation is 1. The molecule has 0 spiro atoms. The number of thiocarbonyl (C=S) groups is 1. The topological polar surface area (TPSA) is 98.8 Å². The van der Waals surface area contributed by atoms with Gasteiger partial charge in [0.2, 0.25) is 0 Å². The van der Waals surface area contributed by atoms with Crippen molar-refractivity contribution in [3.8, 4) is 11.5 Å². The minimum atomic E-state index is -0.499. The molecule has 27 heavy (non-hydrogen) atoms. The van der Waals surface area contributed by atoms with Crippen LogP contribution in [0.25, 0.3) is 0 Å². The molecule has 10 heteroatoms. The summed E-state index contributed by atoms with van der Waals surface area (Å²) in [5.74, 6) is -0.247. The molecule has 2 aromatic rings. The van der Waals surface area contributed by atoms with Gasteiger partial charge < -0.3 is 19.5 Å². The Labute approximate surface area is 165 Å². The summed E-state index contributed by atoms with van der Waals surface area (Å²) in [4.78, 5) is 29.0. The zero-order chi connectivity index (χ0) is 20.0. The van der Waals surface area contributed by atoms with Crippen LogP contribution in [0.15, 0.2) is 18.2 Å². The number of methoxy groups -OCH3 is 2. The van der Waals surface area contributed by atoms with E-state index in [0.29, 0.717) is 27.2 Å². The van der Waals surface area contributed by atoms with Gasteiger partial charge in [-0.15, -0.1) is 0 Å². The van der Waals surface area contributed by atoms with Gasteiger partial charge in [-0.2, -0.15) is 0 Å². The molecule has 2 N–H and O–H groups in total. The fourth-order valence-electron chi connectivity index (χ4n) is 2.20. The van der Waals surface area contributed by atoms with Crippen LogP contribution in [0.2, 0.25) is 0 Å². The predicted molar refractivity (Wildman–Crippen MR) is 106 cm³/mol. The second-order valence-corrected chi connectivity index (χ2v) is 6.51. The van der Waals surface area contributed by atoms with Crippen molar-refractivity contribution in [1.82, 2.24) is 10.3 Å². The predicted octanol–water partition coefficient (Wildman–Crippen LogP) is 2.77. The molecular weight excluding hydrogens is 390 g/mol. The molecule has 1 heterocycles. The number of nitrogens with zero attached hydrogens (tertiary/aromatic N) is 1. The second-order valence-electron chi connectivity index (χ2n) is 5.10. The maximum absolute atomic E-state index is 12.6. The lowest BCUT2D eigenvalue weighted by Crippen LogP contribution is -2.34. The molecule has 144 valence electrons. The lowest BCUT2D eigenvalue weighted by Gasteiger charge is -2.13. The van der Waals surface area contributed by atoms with E-state index in [1.807, 2.05) is 0 Å². The van der Waals surface area contributed by atoms with Gasteiger partial charge >= 0.3 is 5.97 Å². The zero-order valence-corrected chi connectivity index (χ0v) is 16.9. The maximum Gasteiger partial charge on any atom is 0.350 e. The summed E-state index contributed by atoms with van der Waals surface area (Å²) in [6.07, 6.45) is 0. The van der Waals surface area contributed by atoms with E-state index in [2.05, 4.69) is 15.6 Å². The Kier molecular flexibility index (Phi) is 7.08. The van der Waals surface area contributed by atoms with Gasteiger partial charge in [-0.1, -0.05) is 17.4 Å². The Morgan fingerprint density at radius 3 is 2.41 bits per heavy atom. The number of nitrogens with one attached hydrogen (secondary N) is 2. The first-order valence-corrected chi connectivity index (χ1v) is 9.11. The number of thiazole rings is 1. The van der Waals surface area contributed by atoms with E-state index >= 15 is 0 Å². The standard InChI is InChI=1S/C17H19N3O5S2/c1-5-25-15(22)13-9(2)18-17(27-13)20-16(26)19-14(21)12-10(23-3)7-6-8-11(12)24-4/h6-8H,5H2,1-4H3,(H2,18,19,20,21,26). The van der Waals surface area contributed by atoms with E-state index in [-0.39, 0.29) is 17.3 Å². The fourth-order valence-corrected chi connectivity index (χ4v) is 3.32. The molecule has 0 atom stereocenters. The number of benzene rings is 1. The van der Waals surface area contributed by atoms with Gasteiger partial charge in [-0.3, -0.25) is 10.1 Å². The highest BCUT2D eigenvalue weighted by Gasteiger charge is 2.20. The SMILES string of the molecule is CCOC(=O)c1sc(NC(=S)NC(=O)c2c(OC)cccc2OC)nc1C. The van der Waals surface area contributed by atoms with E-state index in [4.69, 9.17) is 26.4 Å². The van der Waals surface area contributed by atoms with Crippen molar-refractivity contribution in [2.45, 2.75) is 13.8 Å². The monoisotopic (exact) mass is 409 g/mol. The van der Waals surface area contributed by atoms with Crippen molar-refractivity contribution < 1.29 is 23.8 Å². The minimum absolute atomic E-state index is 0.0251. The lowest BCUT2D eigenvalue weighted by atomic mass is 10.1. The third kappa shape index (κ3) is 4.92. The molecular formula is C17H19N3O5S2. The number of anilines is 1. The van der Waals surface area contributed by atoms with E-state index in [1.54, 1.807) is 32.0 Å². The smallest absolute Gasteiger partial charge is 0.350 e. The van der Waals surface area contributed by atoms with Crippen molar-refractivity contribution >= 4 is 45.7 Å². The number of amides is 1. The number of ether oxygens (including phenoxy) is 3. The van der Waals surface area contributed by atoms with Gasteiger partial charge in [0.25, 0.3) is 5.91 Å². The molecule has 0 radical (unpaired) electrons. The van der Waals surface area contributed by atoms with Crippen molar-refractivity contribution in [3.05, 3.63) is 34.3 Å². The molecule has 1 amide bonds. The average Bonchev–Trinajstić information content (AvgIpc) is 3.00. The molecule has 0 saturated carbocycles. The molecule has 0 saturated heterocycles. The van der Waals surface area contributed by atoms with Gasteiger partial charge in [0.15, 0.2) is 10.2 Å². The first kappa shape index (κ1) is 20.6. The lowest BCUT2D eigenvalue weighted by molar-refractivity contribution is 0.0531. The molecule has 1 aromatic carbocycles. The highest BCUT2D eigenvalue weighted by atomic mass is 32.1. The van der Waals surface area contributed by atoms with Crippen LogP contribution in [0.4, 0.5) is 5.13 Å². The summed E-state index contributed by atoms with van der Waals surface area (Å²) < 4.78 is 15.4. The summed E-state index contributed by atoms with van der Waals surface area (Å²) in [5, 5.41) is 5.74. The second kappa shape index (κ2) is 9.28. The third-order valence-electron chi connectivity index (χ3n) is 3.36. The average molecular weight is 409 g/mol. The van der Waals surface area contributed by atoms with E-state index in [9.17, 15) is 9.59 Å². The van der Waals surface area contributed by atoms with E-state index in [0.717, 1.165) is 11.3 Å². The third-order valence-corrected chi connectivity index (χ3v) is 4.62. The number of carbonyl (C=O) groups excluding carboxylic acids is 2. The van der Waals surface area contributed by atoms with Gasteiger partial charge in [-0.05, 0) is 38.2 Å². The first-order chi connectivity index (χ1) is 12.9. The van der Waals surface area contributed by atoms with E-state index in [1.165, 1.54) is 14.2 Å². The Balaban J connectivity index is 2.12. The van der Waals surface area contributed by atoms with E-state index < -0.39 is 11.9 Å². The summed E-state index contributed by atoms with van der Waals surface area (Å²) in [6, 6.07) is 4.99.